The Morgan fingerprint density at radius 2 is 2.27 bits per heavy atom. The molecule has 0 saturated carbocycles. The van der Waals surface area contributed by atoms with Crippen molar-refractivity contribution in [3.63, 3.8) is 0 Å². The summed E-state index contributed by atoms with van der Waals surface area (Å²) in [5.41, 5.74) is 0. The molecule has 0 radical (unpaired) electrons. The van der Waals surface area contributed by atoms with Crippen LogP contribution in [-0.2, 0) is 0 Å². The molecule has 0 aliphatic carbocycles. The molecule has 15 heavy (non-hydrogen) atoms. The first kappa shape index (κ1) is 8.71. The van der Waals surface area contributed by atoms with Gasteiger partial charge in [-0.1, -0.05) is 0 Å². The fourth-order valence-electron chi connectivity index (χ4n) is 1.36. The fourth-order valence-corrected chi connectivity index (χ4v) is 3.25. The molecule has 74 valence electrons. The minimum atomic E-state index is 0.0532. The molecule has 0 saturated heterocycles. The predicted molar refractivity (Wildman–Crippen MR) is 54.7 cm³/mol. The quantitative estimate of drug-likeness (QED) is 0.312. The third kappa shape index (κ3) is 1.46. The van der Waals surface area contributed by atoms with Crippen molar-refractivity contribution in [3.8, 4) is 11.5 Å². The molecule has 2 aromatic rings. The first-order valence-electron chi connectivity index (χ1n) is 4.36. The Labute approximate surface area is 92.3 Å². The number of fused-ring (bicyclic) bond motifs is 2. The Morgan fingerprint density at radius 1 is 1.33 bits per heavy atom. The third-order valence-corrected chi connectivity index (χ3v) is 4.18. The second kappa shape index (κ2) is 3.22. The number of pyridine rings is 2. The van der Waals surface area contributed by atoms with Gasteiger partial charge in [-0.3, -0.25) is 0 Å². The van der Waals surface area contributed by atoms with Gasteiger partial charge in [-0.15, -0.1) is 0 Å². The van der Waals surface area contributed by atoms with Crippen molar-refractivity contribution < 1.29 is 9.47 Å². The van der Waals surface area contributed by atoms with E-state index >= 15 is 0 Å². The summed E-state index contributed by atoms with van der Waals surface area (Å²) >= 11 is 0.0532. The molecule has 5 heteroatoms. The van der Waals surface area contributed by atoms with Gasteiger partial charge in [0.15, 0.2) is 0 Å². The van der Waals surface area contributed by atoms with Gasteiger partial charge in [-0.2, -0.15) is 0 Å². The van der Waals surface area contributed by atoms with E-state index in [1.54, 1.807) is 18.5 Å². The molecule has 4 nitrogen and oxygen atoms in total. The van der Waals surface area contributed by atoms with E-state index in [2.05, 4.69) is 4.98 Å². The zero-order chi connectivity index (χ0) is 10.3. The van der Waals surface area contributed by atoms with E-state index in [0.717, 1.165) is 25.3 Å². The Bertz CT molecular complexity index is 531. The SMILES string of the molecule is [O-][n+]1ccc2c(c1)[Se]c1ncccc1O2. The average Bonchev–Trinajstić information content (AvgIpc) is 2.26. The molecule has 0 unspecified atom stereocenters. The number of hydrogen-bond donors (Lipinski definition) is 0. The van der Waals surface area contributed by atoms with Crippen molar-refractivity contribution in [2.45, 2.75) is 0 Å². The molecule has 0 atom stereocenters. The van der Waals surface area contributed by atoms with Crippen LogP contribution in [0.3, 0.4) is 0 Å². The number of nitrogens with zero attached hydrogens (tertiary/aromatic N) is 2. The van der Waals surface area contributed by atoms with Gasteiger partial charge < -0.3 is 0 Å². The van der Waals surface area contributed by atoms with Crippen molar-refractivity contribution in [1.82, 2.24) is 4.98 Å². The van der Waals surface area contributed by atoms with Gasteiger partial charge in [0, 0.05) is 0 Å². The normalized spacial score (nSPS) is 12.5. The van der Waals surface area contributed by atoms with E-state index in [9.17, 15) is 5.21 Å². The molecule has 2 aromatic heterocycles. The van der Waals surface area contributed by atoms with Gasteiger partial charge >= 0.3 is 92.0 Å². The van der Waals surface area contributed by atoms with Crippen LogP contribution in [0.5, 0.6) is 11.5 Å². The minimum absolute atomic E-state index is 0.0532. The van der Waals surface area contributed by atoms with Crippen LogP contribution in [0.15, 0.2) is 36.8 Å². The molecule has 0 amide bonds. The molecule has 0 aromatic carbocycles. The maximum atomic E-state index is 11.1. The van der Waals surface area contributed by atoms with Crippen molar-refractivity contribution in [2.75, 3.05) is 0 Å². The van der Waals surface area contributed by atoms with Gasteiger partial charge in [-0.25, -0.2) is 0 Å². The van der Waals surface area contributed by atoms with E-state index < -0.39 is 0 Å². The number of ether oxygens (including phenoxy) is 1. The zero-order valence-corrected chi connectivity index (χ0v) is 9.30. The van der Waals surface area contributed by atoms with Gasteiger partial charge in [0.25, 0.3) is 0 Å². The van der Waals surface area contributed by atoms with E-state index in [4.69, 9.17) is 4.74 Å². The molecule has 0 fully saturated rings. The summed E-state index contributed by atoms with van der Waals surface area (Å²) < 4.78 is 8.29. The van der Waals surface area contributed by atoms with Crippen molar-refractivity contribution in [3.05, 3.63) is 42.0 Å². The standard InChI is InChI=1S/C10H6N2O2Se/c13-12-5-3-7-9(6-12)15-10-8(14-7)2-1-4-11-10/h1-6H. The van der Waals surface area contributed by atoms with Gasteiger partial charge in [0.2, 0.25) is 0 Å². The molecule has 1 aliphatic heterocycles. The van der Waals surface area contributed by atoms with E-state index in [1.807, 2.05) is 12.1 Å². The van der Waals surface area contributed by atoms with Crippen LogP contribution < -0.4 is 18.5 Å². The van der Waals surface area contributed by atoms with Crippen LogP contribution in [0.25, 0.3) is 0 Å². The summed E-state index contributed by atoms with van der Waals surface area (Å²) in [4.78, 5) is 4.24. The summed E-state index contributed by atoms with van der Waals surface area (Å²) in [7, 11) is 0. The van der Waals surface area contributed by atoms with Crippen LogP contribution in [0, 0.1) is 5.21 Å². The van der Waals surface area contributed by atoms with E-state index in [-0.39, 0.29) is 15.0 Å². The van der Waals surface area contributed by atoms with Crippen LogP contribution in [0.2, 0.25) is 0 Å². The Kier molecular flexibility index (Phi) is 1.87. The van der Waals surface area contributed by atoms with Crippen LogP contribution in [0.1, 0.15) is 0 Å². The summed E-state index contributed by atoms with van der Waals surface area (Å²) in [5.74, 6) is 1.57. The van der Waals surface area contributed by atoms with Crippen molar-refractivity contribution >= 4 is 24.0 Å². The monoisotopic (exact) mass is 266 g/mol. The number of hydrogen-bond acceptors (Lipinski definition) is 3. The topological polar surface area (TPSA) is 49.1 Å². The molecule has 0 N–H and O–H groups in total. The average molecular weight is 265 g/mol. The third-order valence-electron chi connectivity index (χ3n) is 2.02. The van der Waals surface area contributed by atoms with Gasteiger partial charge in [0.05, 0.1) is 0 Å². The van der Waals surface area contributed by atoms with Gasteiger partial charge in [0.1, 0.15) is 0 Å². The second-order valence-corrected chi connectivity index (χ2v) is 5.21. The van der Waals surface area contributed by atoms with E-state index in [1.165, 1.54) is 6.20 Å². The fraction of sp³-hybridized carbons (Fsp3) is 0. The van der Waals surface area contributed by atoms with Gasteiger partial charge in [-0.05, 0) is 0 Å². The summed E-state index contributed by atoms with van der Waals surface area (Å²) in [6.07, 6.45) is 4.73. The Hall–Kier alpha value is -1.58. The summed E-state index contributed by atoms with van der Waals surface area (Å²) in [5, 5.41) is 11.1. The zero-order valence-electron chi connectivity index (χ0n) is 7.58. The first-order chi connectivity index (χ1) is 7.33. The Balaban J connectivity index is 2.11. The van der Waals surface area contributed by atoms with Crippen LogP contribution >= 0.6 is 0 Å². The molecular weight excluding hydrogens is 259 g/mol. The van der Waals surface area contributed by atoms with Crippen LogP contribution in [-0.4, -0.2) is 19.9 Å². The molecular formula is C10H6N2O2Se. The molecule has 1 aliphatic rings. The summed E-state index contributed by atoms with van der Waals surface area (Å²) in [6.45, 7) is 0. The molecule has 3 heterocycles. The predicted octanol–water partition coefficient (Wildman–Crippen LogP) is -0.524. The number of rotatable bonds is 0. The molecule has 0 bridgehead atoms. The van der Waals surface area contributed by atoms with Crippen molar-refractivity contribution in [2.24, 2.45) is 0 Å². The van der Waals surface area contributed by atoms with Crippen LogP contribution in [0.4, 0.5) is 0 Å². The van der Waals surface area contributed by atoms with Crippen molar-refractivity contribution in [1.29, 1.82) is 0 Å². The Morgan fingerprint density at radius 3 is 3.20 bits per heavy atom. The second-order valence-electron chi connectivity index (χ2n) is 3.04. The molecule has 3 rings (SSSR count). The summed E-state index contributed by atoms with van der Waals surface area (Å²) in [6, 6.07) is 5.43. The maximum absolute atomic E-state index is 11.1. The number of aromatic nitrogens is 2. The first-order valence-corrected chi connectivity index (χ1v) is 6.08. The van der Waals surface area contributed by atoms with E-state index in [0.29, 0.717) is 0 Å². The molecule has 0 spiro atoms.